The van der Waals surface area contributed by atoms with Crippen molar-refractivity contribution >= 4 is 79.5 Å². The fourth-order valence-electron chi connectivity index (χ4n) is 8.61. The monoisotopic (exact) mass is 902 g/mol. The molecule has 0 radical (unpaired) electrons. The van der Waals surface area contributed by atoms with Gasteiger partial charge in [0, 0.05) is 10.8 Å². The first-order valence-corrected chi connectivity index (χ1v) is 26.8. The van der Waals surface area contributed by atoms with Crippen LogP contribution in [0.15, 0.2) is 70.5 Å². The van der Waals surface area contributed by atoms with Gasteiger partial charge in [-0.25, -0.2) is 16.8 Å². The second-order valence-electron chi connectivity index (χ2n) is 17.2. The first-order chi connectivity index (χ1) is 28.9. The summed E-state index contributed by atoms with van der Waals surface area (Å²) < 4.78 is 71.2. The molecule has 0 atom stereocenters. The van der Waals surface area contributed by atoms with Crippen LogP contribution in [0.4, 0.5) is 0 Å². The van der Waals surface area contributed by atoms with Crippen LogP contribution in [0.3, 0.4) is 0 Å². The minimum Gasteiger partial charge on any atom is -0.744 e. The largest absolute Gasteiger partial charge is 2.00 e. The second kappa shape index (κ2) is 31.4. The van der Waals surface area contributed by atoms with E-state index in [2.05, 4.69) is 52.0 Å². The van der Waals surface area contributed by atoms with Crippen molar-refractivity contribution in [1.82, 2.24) is 0 Å². The summed E-state index contributed by atoms with van der Waals surface area (Å²) in [7, 11) is -8.97. The van der Waals surface area contributed by atoms with Gasteiger partial charge in [0.15, 0.2) is 0 Å². The summed E-state index contributed by atoms with van der Waals surface area (Å²) >= 11 is 0. The van der Waals surface area contributed by atoms with E-state index in [0.717, 1.165) is 86.1 Å². The van der Waals surface area contributed by atoms with Gasteiger partial charge in [-0.15, -0.1) is 0 Å². The number of benzene rings is 4. The molecule has 6 nitrogen and oxygen atoms in total. The molecule has 0 fully saturated rings. The molecule has 0 bridgehead atoms. The van der Waals surface area contributed by atoms with E-state index in [1.165, 1.54) is 139 Å². The van der Waals surface area contributed by atoms with Crippen molar-refractivity contribution < 1.29 is 25.9 Å². The molecule has 4 aromatic rings. The molecule has 0 saturated heterocycles. The zero-order valence-corrected chi connectivity index (χ0v) is 42.4. The van der Waals surface area contributed by atoms with Crippen molar-refractivity contribution in [3.63, 3.8) is 0 Å². The van der Waals surface area contributed by atoms with E-state index in [9.17, 15) is 25.9 Å². The molecule has 0 heterocycles. The molecule has 0 unspecified atom stereocenters. The third-order valence-corrected chi connectivity index (χ3v) is 13.7. The van der Waals surface area contributed by atoms with Gasteiger partial charge in [0.25, 0.3) is 0 Å². The Morgan fingerprint density at radius 1 is 0.377 bits per heavy atom. The number of hydrogen-bond donors (Lipinski definition) is 0. The van der Waals surface area contributed by atoms with Gasteiger partial charge in [0.1, 0.15) is 20.2 Å². The Morgan fingerprint density at radius 2 is 0.656 bits per heavy atom. The van der Waals surface area contributed by atoms with Crippen LogP contribution in [0.1, 0.15) is 204 Å². The molecule has 4 aromatic carbocycles. The normalized spacial score (nSPS) is 11.8. The minimum atomic E-state index is -4.49. The van der Waals surface area contributed by atoms with Crippen LogP contribution in [0.25, 0.3) is 21.5 Å². The molecule has 0 saturated carbocycles. The molecule has 0 N–H and O–H groups in total. The van der Waals surface area contributed by atoms with E-state index in [1.807, 2.05) is 12.1 Å². The number of fused-ring (bicyclic) bond motifs is 2. The quantitative estimate of drug-likeness (QED) is 0.0292. The SMILES string of the molecule is CCCCCCCCc1cc(CCCCCCCC)c2c(S(=O)(=O)[O-])cccc2c1.CCCCCCCCc1cc(CCCCCCCC)c2c(S(=O)(=O)[O-])cccc2c1.[Ca+2]. The fourth-order valence-corrected chi connectivity index (χ4v) is 10.1. The summed E-state index contributed by atoms with van der Waals surface area (Å²) in [5.74, 6) is 0. The first kappa shape index (κ1) is 55.6. The average Bonchev–Trinajstić information content (AvgIpc) is 3.22. The maximum atomic E-state index is 11.9. The van der Waals surface area contributed by atoms with Crippen molar-refractivity contribution in [2.24, 2.45) is 0 Å². The molecular formula is C52H78CaO6S2. The third-order valence-electron chi connectivity index (χ3n) is 11.9. The molecule has 4 rings (SSSR count). The van der Waals surface area contributed by atoms with E-state index in [0.29, 0.717) is 10.8 Å². The molecule has 0 aliphatic rings. The van der Waals surface area contributed by atoms with Gasteiger partial charge < -0.3 is 9.11 Å². The standard InChI is InChI=1S/2C26H40O3S.Ca/c2*1-3-5-7-9-11-13-16-22-20-23(17-14-12-10-8-6-4-2)26-24(21-22)18-15-19-25(26)30(27,28)29;/h2*15,18-21H,3-14,16-17H2,1-2H3,(H,27,28,29);/q;;+2/p-2. The topological polar surface area (TPSA) is 114 Å². The molecule has 0 amide bonds. The van der Waals surface area contributed by atoms with Crippen LogP contribution in [0, 0.1) is 0 Å². The van der Waals surface area contributed by atoms with Gasteiger partial charge in [0.05, 0.1) is 9.79 Å². The predicted molar refractivity (Wildman–Crippen MR) is 258 cm³/mol. The Labute approximate surface area is 402 Å². The van der Waals surface area contributed by atoms with Crippen molar-refractivity contribution in [3.05, 3.63) is 82.9 Å². The van der Waals surface area contributed by atoms with Gasteiger partial charge in [0.2, 0.25) is 0 Å². The summed E-state index contributed by atoms with van der Waals surface area (Å²) in [6, 6.07) is 18.7. The maximum absolute atomic E-state index is 11.9. The van der Waals surface area contributed by atoms with Gasteiger partial charge in [-0.05, 0) is 96.5 Å². The molecule has 0 spiro atoms. The zero-order valence-electron chi connectivity index (χ0n) is 38.5. The summed E-state index contributed by atoms with van der Waals surface area (Å²) in [4.78, 5) is -0.126. The Morgan fingerprint density at radius 3 is 0.951 bits per heavy atom. The second-order valence-corrected chi connectivity index (χ2v) is 19.9. The first-order valence-electron chi connectivity index (χ1n) is 23.9. The molecule has 61 heavy (non-hydrogen) atoms. The van der Waals surface area contributed by atoms with Gasteiger partial charge in [-0.1, -0.05) is 205 Å². The van der Waals surface area contributed by atoms with Crippen molar-refractivity contribution in [2.75, 3.05) is 0 Å². The van der Waals surface area contributed by atoms with E-state index >= 15 is 0 Å². The maximum Gasteiger partial charge on any atom is 2.00 e. The molecule has 0 aliphatic carbocycles. The number of aryl methyl sites for hydroxylation is 4. The summed E-state index contributed by atoms with van der Waals surface area (Å²) in [5, 5.41) is 3.06. The Hall–Kier alpha value is -1.52. The van der Waals surface area contributed by atoms with Crippen LogP contribution in [0.2, 0.25) is 0 Å². The molecule has 0 aromatic heterocycles. The van der Waals surface area contributed by atoms with Crippen molar-refractivity contribution in [3.8, 4) is 0 Å². The fraction of sp³-hybridized carbons (Fsp3) is 0.615. The summed E-state index contributed by atoms with van der Waals surface area (Å²) in [6.45, 7) is 8.90. The third kappa shape index (κ3) is 20.9. The van der Waals surface area contributed by atoms with Crippen LogP contribution in [0.5, 0.6) is 0 Å². The van der Waals surface area contributed by atoms with Gasteiger partial charge in [-0.3, -0.25) is 0 Å². The van der Waals surface area contributed by atoms with Crippen molar-refractivity contribution in [2.45, 2.75) is 217 Å². The number of rotatable bonds is 30. The van der Waals surface area contributed by atoms with Crippen LogP contribution >= 0.6 is 0 Å². The molecule has 336 valence electrons. The van der Waals surface area contributed by atoms with Crippen molar-refractivity contribution in [1.29, 1.82) is 0 Å². The van der Waals surface area contributed by atoms with E-state index in [4.69, 9.17) is 0 Å². The summed E-state index contributed by atoms with van der Waals surface area (Å²) in [5.41, 5.74) is 4.58. The van der Waals surface area contributed by atoms with E-state index in [1.54, 1.807) is 12.1 Å². The summed E-state index contributed by atoms with van der Waals surface area (Å²) in [6.07, 6.45) is 33.1. The van der Waals surface area contributed by atoms with E-state index < -0.39 is 20.2 Å². The van der Waals surface area contributed by atoms with Crippen LogP contribution < -0.4 is 0 Å². The Kier molecular flexibility index (Phi) is 28.6. The van der Waals surface area contributed by atoms with Gasteiger partial charge in [-0.2, -0.15) is 0 Å². The average molecular weight is 903 g/mol. The van der Waals surface area contributed by atoms with Crippen LogP contribution in [-0.2, 0) is 45.9 Å². The molecular weight excluding hydrogens is 825 g/mol. The van der Waals surface area contributed by atoms with Crippen LogP contribution in [-0.4, -0.2) is 63.7 Å². The van der Waals surface area contributed by atoms with Gasteiger partial charge >= 0.3 is 37.7 Å². The molecule has 0 aliphatic heterocycles. The predicted octanol–water partition coefficient (Wildman–Crippen LogP) is 14.7. The Balaban J connectivity index is 0.000000413. The molecule has 9 heteroatoms. The Bertz CT molecular complexity index is 1900. The minimum absolute atomic E-state index is 0. The number of hydrogen-bond acceptors (Lipinski definition) is 6. The number of unbranched alkanes of at least 4 members (excludes halogenated alkanes) is 20. The smallest absolute Gasteiger partial charge is 0.744 e. The zero-order chi connectivity index (χ0) is 43.6. The van der Waals surface area contributed by atoms with E-state index in [-0.39, 0.29) is 47.5 Å².